The Morgan fingerprint density at radius 3 is 2.48 bits per heavy atom. The molecule has 0 spiro atoms. The summed E-state index contributed by atoms with van der Waals surface area (Å²) in [7, 11) is 5.51. The highest BCUT2D eigenvalue weighted by Crippen LogP contribution is 2.38. The van der Waals surface area contributed by atoms with Crippen molar-refractivity contribution in [3.8, 4) is 0 Å². The predicted molar refractivity (Wildman–Crippen MR) is 110 cm³/mol. The topological polar surface area (TPSA) is 56.7 Å². The minimum Gasteiger partial charge on any atom is -0.355 e. The highest BCUT2D eigenvalue weighted by atomic mass is 127. The van der Waals surface area contributed by atoms with E-state index in [1.165, 1.54) is 18.6 Å². The molecule has 1 amide bonds. The maximum Gasteiger partial charge on any atom is 0.230 e. The van der Waals surface area contributed by atoms with Crippen LogP contribution in [0.5, 0.6) is 0 Å². The molecule has 2 fully saturated rings. The number of nitrogens with one attached hydrogen (secondary N) is 2. The summed E-state index contributed by atoms with van der Waals surface area (Å²) >= 11 is 2.04. The van der Waals surface area contributed by atoms with Gasteiger partial charge in [0.05, 0.1) is 5.41 Å². The van der Waals surface area contributed by atoms with Crippen LogP contribution in [0.25, 0.3) is 0 Å². The number of hydrogen-bond acceptors (Lipinski definition) is 3. The summed E-state index contributed by atoms with van der Waals surface area (Å²) in [6.45, 7) is 1.64. The van der Waals surface area contributed by atoms with E-state index in [0.29, 0.717) is 11.8 Å². The number of nitrogens with zero attached hydrogens (tertiary/aromatic N) is 2. The molecule has 7 heteroatoms. The molecule has 1 aliphatic heterocycles. The molecule has 2 aliphatic rings. The first-order chi connectivity index (χ1) is 10.6. The van der Waals surface area contributed by atoms with Crippen LogP contribution < -0.4 is 10.6 Å². The summed E-state index contributed by atoms with van der Waals surface area (Å²) in [6, 6.07) is 0. The largest absolute Gasteiger partial charge is 0.355 e. The minimum absolute atomic E-state index is 0. The van der Waals surface area contributed by atoms with E-state index >= 15 is 0 Å². The van der Waals surface area contributed by atoms with Gasteiger partial charge < -0.3 is 15.5 Å². The number of carbonyl (C=O) groups excluding carboxylic acids is 1. The fraction of sp³-hybridized carbons (Fsp3) is 0.875. The average Bonchev–Trinajstić information content (AvgIpc) is 3.18. The van der Waals surface area contributed by atoms with Crippen LogP contribution in [0.3, 0.4) is 0 Å². The first-order valence-corrected chi connectivity index (χ1v) is 9.40. The molecule has 23 heavy (non-hydrogen) atoms. The first-order valence-electron chi connectivity index (χ1n) is 8.35. The Morgan fingerprint density at radius 2 is 1.96 bits per heavy atom. The quantitative estimate of drug-likeness (QED) is 0.381. The number of carbonyl (C=O) groups is 1. The lowest BCUT2D eigenvalue weighted by Gasteiger charge is -2.31. The van der Waals surface area contributed by atoms with Crippen LogP contribution >= 0.6 is 35.7 Å². The van der Waals surface area contributed by atoms with Crippen molar-refractivity contribution in [3.63, 3.8) is 0 Å². The van der Waals surface area contributed by atoms with Crippen LogP contribution in [0.2, 0.25) is 0 Å². The van der Waals surface area contributed by atoms with Gasteiger partial charge in [0.1, 0.15) is 0 Å². The van der Waals surface area contributed by atoms with Gasteiger partial charge in [0.2, 0.25) is 5.91 Å². The van der Waals surface area contributed by atoms with E-state index in [9.17, 15) is 4.79 Å². The molecule has 0 aromatic carbocycles. The van der Waals surface area contributed by atoms with Crippen LogP contribution in [0.15, 0.2) is 4.99 Å². The third kappa shape index (κ3) is 5.69. The van der Waals surface area contributed by atoms with Gasteiger partial charge in [-0.05, 0) is 31.4 Å². The third-order valence-corrected chi connectivity index (χ3v) is 6.16. The smallest absolute Gasteiger partial charge is 0.230 e. The van der Waals surface area contributed by atoms with Crippen molar-refractivity contribution in [2.45, 2.75) is 43.8 Å². The number of thioether (sulfide) groups is 1. The second kappa shape index (κ2) is 9.96. The van der Waals surface area contributed by atoms with E-state index in [0.717, 1.165) is 38.2 Å². The molecule has 1 atom stereocenters. The number of aliphatic imine (C=N–C) groups is 1. The third-order valence-electron chi connectivity index (χ3n) is 4.76. The molecule has 0 aromatic rings. The molecule has 0 radical (unpaired) electrons. The lowest BCUT2D eigenvalue weighted by atomic mass is 9.84. The van der Waals surface area contributed by atoms with Crippen molar-refractivity contribution in [1.29, 1.82) is 0 Å². The highest BCUT2D eigenvalue weighted by molar-refractivity contribution is 14.0. The van der Waals surface area contributed by atoms with E-state index in [4.69, 9.17) is 0 Å². The molecular formula is C16H31IN4OS. The standard InChI is InChI=1S/C16H30N4OS.HI/c1-17-15(18-11-13-7-6-10-22-13)19-12-16(8-4-5-9-16)14(21)20(2)3;/h13H,4-12H2,1-3H3,(H2,17,18,19);1H. The maximum atomic E-state index is 12.6. The molecule has 1 aliphatic carbocycles. The SMILES string of the molecule is CN=C(NCC1CCCS1)NCC1(C(=O)N(C)C)CCCC1.I. The van der Waals surface area contributed by atoms with Crippen LogP contribution in [-0.2, 0) is 4.79 Å². The van der Waals surface area contributed by atoms with E-state index in [1.807, 2.05) is 25.9 Å². The van der Waals surface area contributed by atoms with Gasteiger partial charge in [-0.3, -0.25) is 9.79 Å². The molecule has 2 N–H and O–H groups in total. The van der Waals surface area contributed by atoms with Gasteiger partial charge in [-0.25, -0.2) is 0 Å². The summed E-state index contributed by atoms with van der Waals surface area (Å²) in [5.41, 5.74) is -0.247. The van der Waals surface area contributed by atoms with Crippen molar-refractivity contribution in [2.24, 2.45) is 10.4 Å². The summed E-state index contributed by atoms with van der Waals surface area (Å²) in [5, 5.41) is 7.50. The van der Waals surface area contributed by atoms with E-state index in [1.54, 1.807) is 11.9 Å². The number of guanidine groups is 1. The molecule has 0 aromatic heterocycles. The molecule has 1 saturated carbocycles. The van der Waals surface area contributed by atoms with Crippen LogP contribution in [0.4, 0.5) is 0 Å². The Kier molecular flexibility index (Phi) is 9.03. The molecule has 0 bridgehead atoms. The zero-order chi connectivity index (χ0) is 16.0. The van der Waals surface area contributed by atoms with E-state index < -0.39 is 0 Å². The van der Waals surface area contributed by atoms with E-state index in [2.05, 4.69) is 15.6 Å². The average molecular weight is 454 g/mol. The Morgan fingerprint density at radius 1 is 1.26 bits per heavy atom. The van der Waals surface area contributed by atoms with Gasteiger partial charge in [0.25, 0.3) is 0 Å². The van der Waals surface area contributed by atoms with Gasteiger partial charge in [-0.15, -0.1) is 24.0 Å². The van der Waals surface area contributed by atoms with Crippen molar-refractivity contribution in [2.75, 3.05) is 40.0 Å². The molecule has 1 saturated heterocycles. The van der Waals surface area contributed by atoms with Crippen molar-refractivity contribution >= 4 is 47.6 Å². The van der Waals surface area contributed by atoms with Crippen molar-refractivity contribution in [1.82, 2.24) is 15.5 Å². The second-order valence-corrected chi connectivity index (χ2v) is 8.04. The molecule has 2 rings (SSSR count). The Hall–Kier alpha value is -0.180. The lowest BCUT2D eigenvalue weighted by Crippen LogP contribution is -2.49. The second-order valence-electron chi connectivity index (χ2n) is 6.63. The Balaban J connectivity index is 0.00000264. The monoisotopic (exact) mass is 454 g/mol. The van der Waals surface area contributed by atoms with Gasteiger partial charge in [-0.1, -0.05) is 12.8 Å². The first kappa shape index (κ1) is 20.9. The Bertz CT molecular complexity index is 405. The van der Waals surface area contributed by atoms with Gasteiger partial charge in [0, 0.05) is 39.5 Å². The normalized spacial score (nSPS) is 23.3. The zero-order valence-electron chi connectivity index (χ0n) is 14.6. The summed E-state index contributed by atoms with van der Waals surface area (Å²) < 4.78 is 0. The van der Waals surface area contributed by atoms with Crippen LogP contribution in [0.1, 0.15) is 38.5 Å². The van der Waals surface area contributed by atoms with Crippen molar-refractivity contribution < 1.29 is 4.79 Å². The van der Waals surface area contributed by atoms with Gasteiger partial charge >= 0.3 is 0 Å². The number of rotatable bonds is 5. The van der Waals surface area contributed by atoms with Crippen molar-refractivity contribution in [3.05, 3.63) is 0 Å². The number of halogens is 1. The summed E-state index contributed by atoms with van der Waals surface area (Å²) in [4.78, 5) is 18.6. The molecule has 1 heterocycles. The molecule has 134 valence electrons. The number of hydrogen-bond donors (Lipinski definition) is 2. The maximum absolute atomic E-state index is 12.6. The van der Waals surface area contributed by atoms with Gasteiger partial charge in [-0.2, -0.15) is 11.8 Å². The van der Waals surface area contributed by atoms with Gasteiger partial charge in [0.15, 0.2) is 5.96 Å². The minimum atomic E-state index is -0.247. The fourth-order valence-corrected chi connectivity index (χ4v) is 4.68. The summed E-state index contributed by atoms with van der Waals surface area (Å²) in [5.74, 6) is 2.35. The summed E-state index contributed by atoms with van der Waals surface area (Å²) in [6.07, 6.45) is 6.86. The van der Waals surface area contributed by atoms with Crippen LogP contribution in [-0.4, -0.2) is 62.0 Å². The lowest BCUT2D eigenvalue weighted by molar-refractivity contribution is -0.138. The van der Waals surface area contributed by atoms with Crippen LogP contribution in [0, 0.1) is 5.41 Å². The Labute approximate surface area is 161 Å². The van der Waals surface area contributed by atoms with E-state index in [-0.39, 0.29) is 35.3 Å². The zero-order valence-corrected chi connectivity index (χ0v) is 17.7. The predicted octanol–water partition coefficient (Wildman–Crippen LogP) is 2.31. The molecular weight excluding hydrogens is 423 g/mol. The number of amides is 1. The highest BCUT2D eigenvalue weighted by Gasteiger charge is 2.42. The molecule has 1 unspecified atom stereocenters. The fourth-order valence-electron chi connectivity index (χ4n) is 3.48. The molecule has 5 nitrogen and oxygen atoms in total.